The summed E-state index contributed by atoms with van der Waals surface area (Å²) in [6, 6.07) is 0. The van der Waals surface area contributed by atoms with Gasteiger partial charge >= 0.3 is 5.97 Å². The van der Waals surface area contributed by atoms with Crippen LogP contribution in [0.4, 0.5) is 0 Å². The Hall–Kier alpha value is -2.76. The Morgan fingerprint density at radius 3 is 2.48 bits per heavy atom. The molecule has 244 valence electrons. The first-order valence-electron chi connectivity index (χ1n) is 17.0. The number of hydrogen-bond acceptors (Lipinski definition) is 8. The van der Waals surface area contributed by atoms with Crippen molar-refractivity contribution in [3.8, 4) is 0 Å². The molecule has 3 aliphatic heterocycles. The maximum absolute atomic E-state index is 12.4. The first kappa shape index (κ1) is 32.6. The standard InChI is InChI=1S/C33H54N8O3/c1-28(2)23-37-19-8-33(9-20-37)10-21-38(27-33)15-6-18-40-22-13-36-30(40)25-39(24-29-34-11-12-35-29)14-5-7-32(43)44-26-31(42)41-16-3-4-17-41/h11-13,22,28H,3-10,14-21,23-27H2,1-2H3,(H,34,35). The van der Waals surface area contributed by atoms with E-state index >= 15 is 0 Å². The lowest BCUT2D eigenvalue weighted by molar-refractivity contribution is -0.151. The number of aryl methyl sites for hydroxylation is 1. The van der Waals surface area contributed by atoms with Crippen molar-refractivity contribution >= 4 is 11.9 Å². The Bertz CT molecular complexity index is 1150. The molecule has 0 saturated carbocycles. The van der Waals surface area contributed by atoms with Crippen molar-refractivity contribution < 1.29 is 14.3 Å². The highest BCUT2D eigenvalue weighted by Crippen LogP contribution is 2.40. The third kappa shape index (κ3) is 9.62. The molecule has 2 aromatic heterocycles. The van der Waals surface area contributed by atoms with Crippen molar-refractivity contribution in [2.45, 2.75) is 84.8 Å². The van der Waals surface area contributed by atoms with E-state index in [4.69, 9.17) is 9.72 Å². The maximum Gasteiger partial charge on any atom is 0.306 e. The smallest absolute Gasteiger partial charge is 0.306 e. The number of amides is 1. The second-order valence-electron chi connectivity index (χ2n) is 13.7. The minimum Gasteiger partial charge on any atom is -0.456 e. The van der Waals surface area contributed by atoms with Gasteiger partial charge in [-0.05, 0) is 89.0 Å². The Morgan fingerprint density at radius 2 is 1.75 bits per heavy atom. The second kappa shape index (κ2) is 16.0. The molecular weight excluding hydrogens is 556 g/mol. The fourth-order valence-electron chi connectivity index (χ4n) is 7.24. The average Bonchev–Trinajstić information content (AvgIpc) is 3.83. The van der Waals surface area contributed by atoms with E-state index in [1.165, 1.54) is 52.0 Å². The highest BCUT2D eigenvalue weighted by atomic mass is 16.5. The number of H-pyrrole nitrogens is 1. The van der Waals surface area contributed by atoms with Crippen LogP contribution in [0, 0.1) is 11.3 Å². The van der Waals surface area contributed by atoms with Crippen LogP contribution in [0.1, 0.15) is 76.9 Å². The van der Waals surface area contributed by atoms with Gasteiger partial charge in [-0.2, -0.15) is 0 Å². The summed E-state index contributed by atoms with van der Waals surface area (Å²) >= 11 is 0. The van der Waals surface area contributed by atoms with E-state index in [2.05, 4.69) is 49.3 Å². The highest BCUT2D eigenvalue weighted by molar-refractivity contribution is 5.80. The molecule has 0 aromatic carbocycles. The molecule has 11 heteroatoms. The average molecular weight is 611 g/mol. The predicted molar refractivity (Wildman–Crippen MR) is 170 cm³/mol. The Morgan fingerprint density at radius 1 is 0.977 bits per heavy atom. The van der Waals surface area contributed by atoms with E-state index in [0.29, 0.717) is 31.5 Å². The van der Waals surface area contributed by atoms with Gasteiger partial charge in [0, 0.05) is 63.9 Å². The number of hydrogen-bond donors (Lipinski definition) is 1. The molecule has 1 amide bonds. The van der Waals surface area contributed by atoms with Crippen LogP contribution in [-0.4, -0.2) is 117 Å². The zero-order chi connectivity index (χ0) is 30.8. The molecule has 0 radical (unpaired) electrons. The van der Waals surface area contributed by atoms with Crippen LogP contribution in [0.2, 0.25) is 0 Å². The highest BCUT2D eigenvalue weighted by Gasteiger charge is 2.40. The van der Waals surface area contributed by atoms with Gasteiger partial charge in [0.1, 0.15) is 11.6 Å². The summed E-state index contributed by atoms with van der Waals surface area (Å²) in [4.78, 5) is 46.3. The molecule has 11 nitrogen and oxygen atoms in total. The van der Waals surface area contributed by atoms with Gasteiger partial charge in [-0.1, -0.05) is 13.8 Å². The van der Waals surface area contributed by atoms with Gasteiger partial charge in [-0.3, -0.25) is 14.5 Å². The topological polar surface area (TPSA) is 103 Å². The first-order valence-corrected chi connectivity index (χ1v) is 17.0. The summed E-state index contributed by atoms with van der Waals surface area (Å²) in [5.74, 6) is 2.27. The molecule has 2 aromatic rings. The van der Waals surface area contributed by atoms with Crippen LogP contribution < -0.4 is 0 Å². The third-order valence-corrected chi connectivity index (χ3v) is 9.70. The van der Waals surface area contributed by atoms with Crippen molar-refractivity contribution in [2.75, 3.05) is 65.5 Å². The molecule has 0 atom stereocenters. The number of nitrogens with one attached hydrogen (secondary N) is 1. The first-order chi connectivity index (χ1) is 21.4. The van der Waals surface area contributed by atoms with Crippen molar-refractivity contribution in [1.82, 2.24) is 39.1 Å². The Kier molecular flexibility index (Phi) is 11.9. The number of carbonyl (C=O) groups is 2. The third-order valence-electron chi connectivity index (χ3n) is 9.70. The van der Waals surface area contributed by atoms with Gasteiger partial charge in [-0.15, -0.1) is 0 Å². The molecule has 3 aliphatic rings. The molecule has 5 heterocycles. The predicted octanol–water partition coefficient (Wildman–Crippen LogP) is 3.39. The van der Waals surface area contributed by atoms with E-state index < -0.39 is 0 Å². The lowest BCUT2D eigenvalue weighted by Crippen LogP contribution is -2.42. The number of ether oxygens (including phenoxy) is 1. The van der Waals surface area contributed by atoms with Gasteiger partial charge < -0.3 is 29.0 Å². The molecule has 0 aliphatic carbocycles. The van der Waals surface area contributed by atoms with Crippen LogP contribution in [0.15, 0.2) is 24.8 Å². The number of nitrogens with zero attached hydrogens (tertiary/aromatic N) is 7. The van der Waals surface area contributed by atoms with Crippen molar-refractivity contribution in [1.29, 1.82) is 0 Å². The lowest BCUT2D eigenvalue weighted by Gasteiger charge is -2.40. The van der Waals surface area contributed by atoms with Gasteiger partial charge in [0.25, 0.3) is 5.91 Å². The number of imidazole rings is 2. The van der Waals surface area contributed by atoms with E-state index in [9.17, 15) is 9.59 Å². The monoisotopic (exact) mass is 610 g/mol. The number of rotatable bonds is 16. The number of esters is 1. The van der Waals surface area contributed by atoms with Gasteiger partial charge in [0.05, 0.1) is 13.1 Å². The zero-order valence-electron chi connectivity index (χ0n) is 27.1. The SMILES string of the molecule is CC(C)CN1CCC2(CC1)CCN(CCCn1ccnc1CN(CCCC(=O)OCC(=O)N1CCCC1)Cc1ncc[nH]1)C2. The van der Waals surface area contributed by atoms with E-state index in [1.54, 1.807) is 11.1 Å². The number of aromatic amines is 1. The van der Waals surface area contributed by atoms with Gasteiger partial charge in [0.15, 0.2) is 6.61 Å². The molecule has 1 N–H and O–H groups in total. The van der Waals surface area contributed by atoms with Crippen LogP contribution in [-0.2, 0) is 34.0 Å². The van der Waals surface area contributed by atoms with Crippen LogP contribution in [0.25, 0.3) is 0 Å². The van der Waals surface area contributed by atoms with Crippen molar-refractivity contribution in [2.24, 2.45) is 11.3 Å². The largest absolute Gasteiger partial charge is 0.456 e. The minimum absolute atomic E-state index is 0.0891. The summed E-state index contributed by atoms with van der Waals surface area (Å²) < 4.78 is 7.56. The quantitative estimate of drug-likeness (QED) is 0.289. The second-order valence-corrected chi connectivity index (χ2v) is 13.7. The Balaban J connectivity index is 1.05. The number of likely N-dealkylation sites (tertiary alicyclic amines) is 3. The fourth-order valence-corrected chi connectivity index (χ4v) is 7.24. The molecule has 0 bridgehead atoms. The Labute approximate surface area is 263 Å². The van der Waals surface area contributed by atoms with E-state index in [-0.39, 0.29) is 24.9 Å². The number of piperidine rings is 1. The lowest BCUT2D eigenvalue weighted by atomic mass is 9.77. The van der Waals surface area contributed by atoms with Crippen LogP contribution in [0.3, 0.4) is 0 Å². The molecule has 3 saturated heterocycles. The summed E-state index contributed by atoms with van der Waals surface area (Å²) in [7, 11) is 0. The summed E-state index contributed by atoms with van der Waals surface area (Å²) in [6.45, 7) is 16.4. The van der Waals surface area contributed by atoms with E-state index in [0.717, 1.165) is 63.0 Å². The number of carbonyl (C=O) groups excluding carboxylic acids is 2. The number of aromatic nitrogens is 4. The van der Waals surface area contributed by atoms with Gasteiger partial charge in [0.2, 0.25) is 0 Å². The van der Waals surface area contributed by atoms with Gasteiger partial charge in [-0.25, -0.2) is 9.97 Å². The molecule has 0 unspecified atom stereocenters. The minimum atomic E-state index is -0.318. The van der Waals surface area contributed by atoms with Crippen LogP contribution >= 0.6 is 0 Å². The molecule has 1 spiro atoms. The molecular formula is C33H54N8O3. The molecule has 3 fully saturated rings. The summed E-state index contributed by atoms with van der Waals surface area (Å²) in [5.41, 5.74) is 0.538. The zero-order valence-corrected chi connectivity index (χ0v) is 27.1. The van der Waals surface area contributed by atoms with Crippen molar-refractivity contribution in [3.63, 3.8) is 0 Å². The molecule has 5 rings (SSSR count). The summed E-state index contributed by atoms with van der Waals surface area (Å²) in [6.07, 6.45) is 15.7. The van der Waals surface area contributed by atoms with Crippen LogP contribution in [0.5, 0.6) is 0 Å². The van der Waals surface area contributed by atoms with Crippen molar-refractivity contribution in [3.05, 3.63) is 36.4 Å². The maximum atomic E-state index is 12.4. The summed E-state index contributed by atoms with van der Waals surface area (Å²) in [5, 5.41) is 0. The fraction of sp³-hybridized carbons (Fsp3) is 0.758. The van der Waals surface area contributed by atoms with E-state index in [1.807, 2.05) is 12.4 Å². The molecule has 44 heavy (non-hydrogen) atoms. The normalized spacial score (nSPS) is 19.1.